The molecule has 0 atom stereocenters. The summed E-state index contributed by atoms with van der Waals surface area (Å²) in [6.45, 7) is 3.78. The fraction of sp³-hybridized carbons (Fsp3) is 0.462. The second-order valence-electron chi connectivity index (χ2n) is 8.80. The van der Waals surface area contributed by atoms with Crippen molar-refractivity contribution in [2.24, 2.45) is 5.41 Å². The Morgan fingerprint density at radius 1 is 1.06 bits per heavy atom. The summed E-state index contributed by atoms with van der Waals surface area (Å²) in [4.78, 5) is 29.3. The summed E-state index contributed by atoms with van der Waals surface area (Å²) >= 11 is 0. The standard InChI is InChI=1S/C26H34N2O3/c1-20-8-5-6-11-23(20)22-10-7-9-21(18-22)19-26(25(30)27(2)3)13-15-28(16-14-26)24(29)12-17-31-4/h5-11,18H,12-17,19H2,1-4H3. The van der Waals surface area contributed by atoms with Gasteiger partial charge in [-0.1, -0.05) is 48.5 Å². The van der Waals surface area contributed by atoms with Gasteiger partial charge in [0.2, 0.25) is 11.8 Å². The van der Waals surface area contributed by atoms with Crippen LogP contribution in [0.25, 0.3) is 11.1 Å². The zero-order chi connectivity index (χ0) is 22.4. The largest absolute Gasteiger partial charge is 0.384 e. The van der Waals surface area contributed by atoms with Crippen molar-refractivity contribution in [3.05, 3.63) is 59.7 Å². The summed E-state index contributed by atoms with van der Waals surface area (Å²) in [5.74, 6) is 0.257. The molecule has 2 amide bonds. The molecule has 0 unspecified atom stereocenters. The van der Waals surface area contributed by atoms with Crippen molar-refractivity contribution in [3.8, 4) is 11.1 Å². The maximum Gasteiger partial charge on any atom is 0.228 e. The van der Waals surface area contributed by atoms with Crippen molar-refractivity contribution >= 4 is 11.8 Å². The highest BCUT2D eigenvalue weighted by Gasteiger charge is 2.43. The van der Waals surface area contributed by atoms with Gasteiger partial charge in [-0.2, -0.15) is 0 Å². The number of nitrogens with zero attached hydrogens (tertiary/aromatic N) is 2. The van der Waals surface area contributed by atoms with Crippen LogP contribution in [0.2, 0.25) is 0 Å². The average Bonchev–Trinajstić information content (AvgIpc) is 2.77. The molecule has 1 aliphatic rings. The predicted molar refractivity (Wildman–Crippen MR) is 124 cm³/mol. The van der Waals surface area contributed by atoms with E-state index in [1.807, 2.05) is 19.0 Å². The minimum absolute atomic E-state index is 0.106. The van der Waals surface area contributed by atoms with Gasteiger partial charge >= 0.3 is 0 Å². The third-order valence-corrected chi connectivity index (χ3v) is 6.38. The van der Waals surface area contributed by atoms with Gasteiger partial charge in [0.25, 0.3) is 0 Å². The fourth-order valence-corrected chi connectivity index (χ4v) is 4.61. The molecule has 0 bridgehead atoms. The Kier molecular flexibility index (Phi) is 7.50. The van der Waals surface area contributed by atoms with Crippen LogP contribution in [0.15, 0.2) is 48.5 Å². The average molecular weight is 423 g/mol. The summed E-state index contributed by atoms with van der Waals surface area (Å²) < 4.78 is 5.04. The molecule has 1 saturated heterocycles. The number of likely N-dealkylation sites (tertiary alicyclic amines) is 1. The molecule has 2 aromatic rings. The molecule has 0 aliphatic carbocycles. The lowest BCUT2D eigenvalue weighted by Gasteiger charge is -2.42. The van der Waals surface area contributed by atoms with E-state index in [0.717, 1.165) is 5.56 Å². The Labute approximate surface area is 186 Å². The molecule has 0 radical (unpaired) electrons. The van der Waals surface area contributed by atoms with Crippen LogP contribution in [-0.2, 0) is 20.7 Å². The zero-order valence-corrected chi connectivity index (χ0v) is 19.2. The third kappa shape index (κ3) is 5.34. The van der Waals surface area contributed by atoms with Gasteiger partial charge in [-0.15, -0.1) is 0 Å². The highest BCUT2D eigenvalue weighted by molar-refractivity contribution is 5.83. The van der Waals surface area contributed by atoms with Crippen LogP contribution in [0.1, 0.15) is 30.4 Å². The summed E-state index contributed by atoms with van der Waals surface area (Å²) in [6.07, 6.45) is 2.43. The second kappa shape index (κ2) is 10.1. The van der Waals surface area contributed by atoms with Crippen molar-refractivity contribution in [3.63, 3.8) is 0 Å². The van der Waals surface area contributed by atoms with Gasteiger partial charge in [-0.3, -0.25) is 9.59 Å². The lowest BCUT2D eigenvalue weighted by molar-refractivity contribution is -0.146. The Balaban J connectivity index is 1.82. The fourth-order valence-electron chi connectivity index (χ4n) is 4.61. The monoisotopic (exact) mass is 422 g/mol. The van der Waals surface area contributed by atoms with E-state index in [4.69, 9.17) is 4.74 Å². The van der Waals surface area contributed by atoms with Crippen molar-refractivity contribution in [2.75, 3.05) is 40.9 Å². The van der Waals surface area contributed by atoms with Crippen LogP contribution in [-0.4, -0.2) is 62.5 Å². The second-order valence-corrected chi connectivity index (χ2v) is 8.80. The van der Waals surface area contributed by atoms with Crippen LogP contribution >= 0.6 is 0 Å². The number of hydrogen-bond acceptors (Lipinski definition) is 3. The first-order valence-electron chi connectivity index (χ1n) is 11.0. The molecule has 0 aromatic heterocycles. The zero-order valence-electron chi connectivity index (χ0n) is 19.2. The highest BCUT2D eigenvalue weighted by Crippen LogP contribution is 2.38. The first-order valence-corrected chi connectivity index (χ1v) is 11.0. The number of benzene rings is 2. The molecular formula is C26H34N2O3. The molecule has 1 heterocycles. The smallest absolute Gasteiger partial charge is 0.228 e. The van der Waals surface area contributed by atoms with Gasteiger partial charge in [0.15, 0.2) is 0 Å². The summed E-state index contributed by atoms with van der Waals surface area (Å²) in [5, 5.41) is 0. The van der Waals surface area contributed by atoms with Gasteiger partial charge in [0.05, 0.1) is 18.4 Å². The summed E-state index contributed by atoms with van der Waals surface area (Å²) in [5.41, 5.74) is 4.31. The third-order valence-electron chi connectivity index (χ3n) is 6.38. The van der Waals surface area contributed by atoms with Crippen molar-refractivity contribution < 1.29 is 14.3 Å². The van der Waals surface area contributed by atoms with Gasteiger partial charge in [-0.25, -0.2) is 0 Å². The first kappa shape index (κ1) is 23.0. The Morgan fingerprint density at radius 3 is 2.42 bits per heavy atom. The number of piperidine rings is 1. The predicted octanol–water partition coefficient (Wildman–Crippen LogP) is 3.94. The van der Waals surface area contributed by atoms with E-state index in [1.54, 1.807) is 12.0 Å². The molecule has 1 aliphatic heterocycles. The van der Waals surface area contributed by atoms with E-state index in [9.17, 15) is 9.59 Å². The summed E-state index contributed by atoms with van der Waals surface area (Å²) in [7, 11) is 5.25. The molecule has 5 heteroatoms. The minimum Gasteiger partial charge on any atom is -0.384 e. The number of hydrogen-bond donors (Lipinski definition) is 0. The number of methoxy groups -OCH3 is 1. The van der Waals surface area contributed by atoms with Crippen LogP contribution in [0, 0.1) is 12.3 Å². The van der Waals surface area contributed by atoms with Gasteiger partial charge in [0.1, 0.15) is 0 Å². The van der Waals surface area contributed by atoms with Crippen molar-refractivity contribution in [2.45, 2.75) is 32.6 Å². The molecule has 0 saturated carbocycles. The maximum absolute atomic E-state index is 13.3. The molecular weight excluding hydrogens is 388 g/mol. The summed E-state index contributed by atoms with van der Waals surface area (Å²) in [6, 6.07) is 16.9. The van der Waals surface area contributed by atoms with Gasteiger partial charge in [0, 0.05) is 34.3 Å². The lowest BCUT2D eigenvalue weighted by atomic mass is 9.72. The lowest BCUT2D eigenvalue weighted by Crippen LogP contribution is -2.51. The molecule has 3 rings (SSSR count). The normalized spacial score (nSPS) is 15.5. The minimum atomic E-state index is -0.480. The van der Waals surface area contributed by atoms with E-state index in [1.165, 1.54) is 16.7 Å². The molecule has 0 N–H and O–H groups in total. The molecule has 5 nitrogen and oxygen atoms in total. The van der Waals surface area contributed by atoms with E-state index in [2.05, 4.69) is 55.5 Å². The van der Waals surface area contributed by atoms with E-state index >= 15 is 0 Å². The Hall–Kier alpha value is -2.66. The number of ether oxygens (including phenoxy) is 1. The topological polar surface area (TPSA) is 49.9 Å². The number of amides is 2. The van der Waals surface area contributed by atoms with Crippen LogP contribution in [0.4, 0.5) is 0 Å². The molecule has 31 heavy (non-hydrogen) atoms. The van der Waals surface area contributed by atoms with E-state index in [-0.39, 0.29) is 11.8 Å². The Bertz CT molecular complexity index is 914. The number of carbonyl (C=O) groups excluding carboxylic acids is 2. The number of aryl methyl sites for hydroxylation is 1. The SMILES string of the molecule is COCCC(=O)N1CCC(Cc2cccc(-c3ccccc3C)c2)(C(=O)N(C)C)CC1. The molecule has 2 aromatic carbocycles. The quantitative estimate of drug-likeness (QED) is 0.679. The van der Waals surface area contributed by atoms with Crippen LogP contribution < -0.4 is 0 Å². The van der Waals surface area contributed by atoms with Gasteiger partial charge in [-0.05, 0) is 48.4 Å². The first-order chi connectivity index (χ1) is 14.9. The van der Waals surface area contributed by atoms with Crippen LogP contribution in [0.5, 0.6) is 0 Å². The van der Waals surface area contributed by atoms with E-state index < -0.39 is 5.41 Å². The molecule has 0 spiro atoms. The van der Waals surface area contributed by atoms with Crippen molar-refractivity contribution in [1.82, 2.24) is 9.80 Å². The van der Waals surface area contributed by atoms with E-state index in [0.29, 0.717) is 45.4 Å². The number of rotatable bonds is 7. The Morgan fingerprint density at radius 2 is 1.77 bits per heavy atom. The number of carbonyl (C=O) groups is 2. The van der Waals surface area contributed by atoms with Crippen LogP contribution in [0.3, 0.4) is 0 Å². The van der Waals surface area contributed by atoms with Crippen molar-refractivity contribution in [1.29, 1.82) is 0 Å². The maximum atomic E-state index is 13.3. The molecule has 166 valence electrons. The highest BCUT2D eigenvalue weighted by atomic mass is 16.5. The molecule has 1 fully saturated rings. The van der Waals surface area contributed by atoms with Gasteiger partial charge < -0.3 is 14.5 Å².